The molecule has 0 spiro atoms. The zero-order chi connectivity index (χ0) is 17.0. The number of carbonyl (C=O) groups is 2. The molecule has 2 aromatic rings. The number of rotatable bonds is 4. The molecule has 23 heavy (non-hydrogen) atoms. The second-order valence-corrected chi connectivity index (χ2v) is 5.84. The molecule has 2 N–H and O–H groups in total. The highest BCUT2D eigenvalue weighted by Crippen LogP contribution is 2.19. The molecule has 0 aliphatic rings. The lowest BCUT2D eigenvalue weighted by atomic mass is 10.1. The predicted octanol–water partition coefficient (Wildman–Crippen LogP) is 3.89. The first-order valence-corrected chi connectivity index (χ1v) is 7.60. The van der Waals surface area contributed by atoms with E-state index in [0.29, 0.717) is 0 Å². The van der Waals surface area contributed by atoms with Gasteiger partial charge in [0.2, 0.25) is 11.8 Å². The Labute approximate surface area is 136 Å². The third-order valence-electron chi connectivity index (χ3n) is 3.86. The molecule has 2 rings (SSSR count). The van der Waals surface area contributed by atoms with E-state index >= 15 is 0 Å². The van der Waals surface area contributed by atoms with Crippen LogP contribution < -0.4 is 10.6 Å². The van der Waals surface area contributed by atoms with Gasteiger partial charge in [-0.3, -0.25) is 9.59 Å². The summed E-state index contributed by atoms with van der Waals surface area (Å²) in [6.45, 7) is 7.85. The van der Waals surface area contributed by atoms with Crippen molar-refractivity contribution in [3.05, 3.63) is 58.7 Å². The second-order valence-electron chi connectivity index (χ2n) is 5.84. The van der Waals surface area contributed by atoms with Gasteiger partial charge < -0.3 is 10.6 Å². The highest BCUT2D eigenvalue weighted by atomic mass is 16.2. The van der Waals surface area contributed by atoms with Gasteiger partial charge >= 0.3 is 0 Å². The molecule has 0 heterocycles. The summed E-state index contributed by atoms with van der Waals surface area (Å²) in [5.74, 6) is -0.638. The predicted molar refractivity (Wildman–Crippen MR) is 93.7 cm³/mol. The highest BCUT2D eigenvalue weighted by Gasteiger charge is 2.12. The molecule has 120 valence electrons. The molecule has 0 bridgehead atoms. The zero-order valence-electron chi connectivity index (χ0n) is 14.0. The van der Waals surface area contributed by atoms with Gasteiger partial charge in [-0.1, -0.05) is 29.8 Å². The van der Waals surface area contributed by atoms with Gasteiger partial charge in [-0.25, -0.2) is 0 Å². The third kappa shape index (κ3) is 4.42. The monoisotopic (exact) mass is 310 g/mol. The zero-order valence-corrected chi connectivity index (χ0v) is 14.0. The Morgan fingerprint density at radius 2 is 1.48 bits per heavy atom. The van der Waals surface area contributed by atoms with Crippen LogP contribution in [0.25, 0.3) is 0 Å². The first-order chi connectivity index (χ1) is 10.9. The standard InChI is InChI=1S/C19H22N2O2/c1-12-8-9-16(14(3)10-12)20-18(22)11-19(23)21-17-7-5-6-13(2)15(17)4/h5-10H,11H2,1-4H3,(H,20,22)(H,21,23). The Morgan fingerprint density at radius 1 is 0.826 bits per heavy atom. The molecule has 4 nitrogen and oxygen atoms in total. The Morgan fingerprint density at radius 3 is 2.13 bits per heavy atom. The lowest BCUT2D eigenvalue weighted by Crippen LogP contribution is -2.22. The van der Waals surface area contributed by atoms with Crippen LogP contribution in [0, 0.1) is 27.7 Å². The number of amides is 2. The van der Waals surface area contributed by atoms with Crippen molar-refractivity contribution in [2.24, 2.45) is 0 Å². The largest absolute Gasteiger partial charge is 0.325 e. The van der Waals surface area contributed by atoms with Crippen molar-refractivity contribution in [1.29, 1.82) is 0 Å². The molecule has 0 radical (unpaired) electrons. The van der Waals surface area contributed by atoms with Crippen molar-refractivity contribution in [3.63, 3.8) is 0 Å². The Bertz CT molecular complexity index is 751. The topological polar surface area (TPSA) is 58.2 Å². The summed E-state index contributed by atoms with van der Waals surface area (Å²) in [4.78, 5) is 24.1. The van der Waals surface area contributed by atoms with Gasteiger partial charge in [-0.05, 0) is 56.5 Å². The Balaban J connectivity index is 1.97. The van der Waals surface area contributed by atoms with Gasteiger partial charge in [-0.2, -0.15) is 0 Å². The SMILES string of the molecule is Cc1ccc(NC(=O)CC(=O)Nc2cccc(C)c2C)c(C)c1. The van der Waals surface area contributed by atoms with Gasteiger partial charge in [-0.15, -0.1) is 0 Å². The molecule has 0 aliphatic heterocycles. The Hall–Kier alpha value is -2.62. The van der Waals surface area contributed by atoms with E-state index in [9.17, 15) is 9.59 Å². The third-order valence-corrected chi connectivity index (χ3v) is 3.86. The van der Waals surface area contributed by atoms with Crippen LogP contribution in [-0.4, -0.2) is 11.8 Å². The van der Waals surface area contributed by atoms with Crippen LogP contribution >= 0.6 is 0 Å². The molecule has 0 unspecified atom stereocenters. The number of hydrogen-bond donors (Lipinski definition) is 2. The smallest absolute Gasteiger partial charge is 0.233 e. The second kappa shape index (κ2) is 7.09. The fourth-order valence-corrected chi connectivity index (χ4v) is 2.37. The van der Waals surface area contributed by atoms with Crippen LogP contribution in [-0.2, 0) is 9.59 Å². The molecular weight excluding hydrogens is 288 g/mol. The number of anilines is 2. The van der Waals surface area contributed by atoms with E-state index in [4.69, 9.17) is 0 Å². The average Bonchev–Trinajstić information content (AvgIpc) is 2.47. The van der Waals surface area contributed by atoms with Gasteiger partial charge in [0.05, 0.1) is 0 Å². The minimum Gasteiger partial charge on any atom is -0.325 e. The first-order valence-electron chi connectivity index (χ1n) is 7.60. The van der Waals surface area contributed by atoms with Gasteiger partial charge in [0.15, 0.2) is 0 Å². The van der Waals surface area contributed by atoms with E-state index in [1.165, 1.54) is 0 Å². The van der Waals surface area contributed by atoms with Crippen LogP contribution in [0.4, 0.5) is 11.4 Å². The van der Waals surface area contributed by atoms with Crippen molar-refractivity contribution in [1.82, 2.24) is 0 Å². The van der Waals surface area contributed by atoms with E-state index < -0.39 is 0 Å². The van der Waals surface area contributed by atoms with E-state index in [2.05, 4.69) is 10.6 Å². The minimum atomic E-state index is -0.320. The summed E-state index contributed by atoms with van der Waals surface area (Å²) in [6, 6.07) is 11.5. The molecule has 0 aliphatic carbocycles. The first kappa shape index (κ1) is 16.7. The van der Waals surface area contributed by atoms with Crippen LogP contribution in [0.2, 0.25) is 0 Å². The van der Waals surface area contributed by atoms with E-state index in [1.807, 2.05) is 64.1 Å². The average molecular weight is 310 g/mol. The maximum atomic E-state index is 12.0. The summed E-state index contributed by atoms with van der Waals surface area (Å²) in [7, 11) is 0. The Kier molecular flexibility index (Phi) is 5.16. The number of aryl methyl sites for hydroxylation is 3. The van der Waals surface area contributed by atoms with Crippen molar-refractivity contribution < 1.29 is 9.59 Å². The quantitative estimate of drug-likeness (QED) is 0.842. The molecular formula is C19H22N2O2. The normalized spacial score (nSPS) is 10.3. The van der Waals surface area contributed by atoms with Crippen molar-refractivity contribution in [2.75, 3.05) is 10.6 Å². The van der Waals surface area contributed by atoms with Crippen LogP contribution in [0.15, 0.2) is 36.4 Å². The van der Waals surface area contributed by atoms with Crippen molar-refractivity contribution >= 4 is 23.2 Å². The van der Waals surface area contributed by atoms with E-state index in [-0.39, 0.29) is 18.2 Å². The summed E-state index contributed by atoms with van der Waals surface area (Å²) in [6.07, 6.45) is -0.208. The lowest BCUT2D eigenvalue weighted by molar-refractivity contribution is -0.123. The summed E-state index contributed by atoms with van der Waals surface area (Å²) < 4.78 is 0. The molecule has 2 aromatic carbocycles. The maximum Gasteiger partial charge on any atom is 0.233 e. The summed E-state index contributed by atoms with van der Waals surface area (Å²) >= 11 is 0. The van der Waals surface area contributed by atoms with Crippen molar-refractivity contribution in [2.45, 2.75) is 34.1 Å². The molecule has 0 fully saturated rings. The van der Waals surface area contributed by atoms with Crippen LogP contribution in [0.5, 0.6) is 0 Å². The fraction of sp³-hybridized carbons (Fsp3) is 0.263. The molecule has 0 aromatic heterocycles. The highest BCUT2D eigenvalue weighted by molar-refractivity contribution is 6.08. The van der Waals surface area contributed by atoms with Crippen molar-refractivity contribution in [3.8, 4) is 0 Å². The fourth-order valence-electron chi connectivity index (χ4n) is 2.37. The number of hydrogen-bond acceptors (Lipinski definition) is 2. The van der Waals surface area contributed by atoms with Gasteiger partial charge in [0.1, 0.15) is 6.42 Å². The van der Waals surface area contributed by atoms with Gasteiger partial charge in [0, 0.05) is 11.4 Å². The van der Waals surface area contributed by atoms with Crippen LogP contribution in [0.1, 0.15) is 28.7 Å². The summed E-state index contributed by atoms with van der Waals surface area (Å²) in [5, 5.41) is 5.57. The maximum absolute atomic E-state index is 12.0. The number of benzene rings is 2. The minimum absolute atomic E-state index is 0.208. The molecule has 0 atom stereocenters. The molecule has 0 saturated heterocycles. The molecule has 2 amide bonds. The van der Waals surface area contributed by atoms with E-state index in [1.54, 1.807) is 0 Å². The van der Waals surface area contributed by atoms with Crippen LogP contribution in [0.3, 0.4) is 0 Å². The number of carbonyl (C=O) groups excluding carboxylic acids is 2. The van der Waals surface area contributed by atoms with Gasteiger partial charge in [0.25, 0.3) is 0 Å². The molecule has 0 saturated carbocycles. The van der Waals surface area contributed by atoms with E-state index in [0.717, 1.165) is 33.6 Å². The number of nitrogens with one attached hydrogen (secondary N) is 2. The molecule has 4 heteroatoms. The summed E-state index contributed by atoms with van der Waals surface area (Å²) in [5.41, 5.74) is 5.70. The lowest BCUT2D eigenvalue weighted by Gasteiger charge is -2.11.